The van der Waals surface area contributed by atoms with E-state index in [0.717, 1.165) is 0 Å². The first kappa shape index (κ1) is 54.9. The fraction of sp³-hybridized carbons (Fsp3) is 0.130. The molecule has 0 fully saturated rings. The number of hydrogen-bond donors (Lipinski definition) is 0. The lowest BCUT2D eigenvalue weighted by atomic mass is 9.79. The van der Waals surface area contributed by atoms with Crippen LogP contribution in [0.5, 0.6) is 0 Å². The molecule has 4 aliphatic rings. The van der Waals surface area contributed by atoms with Crippen molar-refractivity contribution in [3.05, 3.63) is 324 Å². The molecule has 0 N–H and O–H groups in total. The Hall–Kier alpha value is -10.8. The van der Waals surface area contributed by atoms with Crippen molar-refractivity contribution in [2.75, 3.05) is 0 Å². The first-order chi connectivity index (χ1) is 45.7. The largest absolute Gasteiger partial charge is 0.309 e. The maximum atomic E-state index is 2.54. The van der Waals surface area contributed by atoms with Crippen LogP contribution >= 0.6 is 0 Å². The number of rotatable bonds is 4. The van der Waals surface area contributed by atoms with Crippen molar-refractivity contribution < 1.29 is 0 Å². The van der Waals surface area contributed by atoms with E-state index in [2.05, 4.69) is 344 Å². The number of hydrogen-bond acceptors (Lipinski definition) is 0. The summed E-state index contributed by atoms with van der Waals surface area (Å²) in [6, 6.07) is 105. The van der Waals surface area contributed by atoms with Crippen LogP contribution in [0.1, 0.15) is 99.9 Å². The molecule has 0 aliphatic heterocycles. The fourth-order valence-corrected chi connectivity index (χ4v) is 18.3. The van der Waals surface area contributed by atoms with Crippen molar-refractivity contribution in [3.63, 3.8) is 0 Å². The van der Waals surface area contributed by atoms with Crippen molar-refractivity contribution >= 4 is 65.2 Å². The van der Waals surface area contributed by atoms with Crippen LogP contribution in [0.3, 0.4) is 0 Å². The Labute approximate surface area is 549 Å². The van der Waals surface area contributed by atoms with Gasteiger partial charge in [0.05, 0.1) is 22.1 Å². The van der Waals surface area contributed by atoms with Gasteiger partial charge in [0, 0.05) is 60.0 Å². The van der Waals surface area contributed by atoms with Crippen molar-refractivity contribution in [1.29, 1.82) is 0 Å². The first-order valence-electron chi connectivity index (χ1n) is 33.6. The van der Waals surface area contributed by atoms with Crippen LogP contribution in [0.15, 0.2) is 279 Å². The monoisotopic (exact) mass is 1200 g/mol. The maximum Gasteiger partial charge on any atom is 0.0623 e. The van der Waals surface area contributed by atoms with Gasteiger partial charge in [0.15, 0.2) is 0 Å². The molecule has 14 aromatic carbocycles. The second-order valence-corrected chi connectivity index (χ2v) is 29.1. The molecule has 2 heteroatoms. The van der Waals surface area contributed by atoms with Gasteiger partial charge < -0.3 is 9.13 Å². The lowest BCUT2D eigenvalue weighted by Gasteiger charge is -2.23. The molecule has 20 rings (SSSR count). The molecule has 4 aliphatic carbocycles. The van der Waals surface area contributed by atoms with E-state index in [-0.39, 0.29) is 21.7 Å². The third kappa shape index (κ3) is 7.37. The van der Waals surface area contributed by atoms with Gasteiger partial charge in [-0.25, -0.2) is 0 Å². The van der Waals surface area contributed by atoms with Crippen LogP contribution in [0.4, 0.5) is 0 Å². The zero-order chi connectivity index (χ0) is 63.3. The van der Waals surface area contributed by atoms with E-state index in [1.54, 1.807) is 0 Å². The smallest absolute Gasteiger partial charge is 0.0623 e. The fourth-order valence-electron chi connectivity index (χ4n) is 18.3. The van der Waals surface area contributed by atoms with E-state index in [4.69, 9.17) is 0 Å². The maximum absolute atomic E-state index is 2.54. The summed E-state index contributed by atoms with van der Waals surface area (Å²) in [4.78, 5) is 0. The molecule has 0 unspecified atom stereocenters. The first-order valence-corrected chi connectivity index (χ1v) is 33.6. The number of nitrogens with zero attached hydrogens (tertiary/aromatic N) is 2. The Bertz CT molecular complexity index is 5950. The molecule has 0 saturated carbocycles. The van der Waals surface area contributed by atoms with Crippen molar-refractivity contribution in [2.24, 2.45) is 0 Å². The molecule has 94 heavy (non-hydrogen) atoms. The summed E-state index contributed by atoms with van der Waals surface area (Å²) < 4.78 is 5.05. The molecule has 16 aromatic rings. The van der Waals surface area contributed by atoms with Crippen molar-refractivity contribution in [3.8, 4) is 78.1 Å². The molecule has 0 atom stereocenters. The number of fused-ring (bicyclic) bond motifs is 25. The number of para-hydroxylation sites is 1. The van der Waals surface area contributed by atoms with Gasteiger partial charge in [0.25, 0.3) is 0 Å². The quantitative estimate of drug-likeness (QED) is 0.166. The highest BCUT2D eigenvalue weighted by atomic mass is 15.0. The van der Waals surface area contributed by atoms with E-state index in [9.17, 15) is 0 Å². The topological polar surface area (TPSA) is 9.86 Å². The predicted molar refractivity (Wildman–Crippen MR) is 398 cm³/mol. The standard InChI is InChI=1S/2C46H35N/c1-45(2)37-18-10-7-13-31(37)32-26-23-29(27-39(32)45)28-21-24-30(25-22-28)47-40-20-12-9-17-36(40)42-43-41(33-14-5-6-15-34(33)44(42)47)35-16-8-11-19-38(35)46(43,3)4;1-45(2)38-15-9-8-14-34(38)37-27-30(19-25-40(37)45)28-17-21-31(22-18-28)47-41-26-20-29-11-5-6-12-32(29)42(41)36-24-23-35-33-13-7-10-16-39(33)46(3,4)43(35)44(36)47/h2*5-27H,1-4H3. The van der Waals surface area contributed by atoms with Gasteiger partial charge in [-0.15, -0.1) is 0 Å². The van der Waals surface area contributed by atoms with Gasteiger partial charge in [-0.3, -0.25) is 0 Å². The van der Waals surface area contributed by atoms with Crippen LogP contribution < -0.4 is 0 Å². The third-order valence-electron chi connectivity index (χ3n) is 22.7. The summed E-state index contributed by atoms with van der Waals surface area (Å²) in [5, 5.41) is 10.6. The molecule has 2 aromatic heterocycles. The molecule has 2 nitrogen and oxygen atoms in total. The van der Waals surface area contributed by atoms with E-state index in [0.29, 0.717) is 0 Å². The predicted octanol–water partition coefficient (Wildman–Crippen LogP) is 24.4. The van der Waals surface area contributed by atoms with Crippen LogP contribution in [-0.4, -0.2) is 9.13 Å². The number of aromatic nitrogens is 2. The van der Waals surface area contributed by atoms with Gasteiger partial charge >= 0.3 is 0 Å². The van der Waals surface area contributed by atoms with Crippen molar-refractivity contribution in [2.45, 2.75) is 77.0 Å². The highest BCUT2D eigenvalue weighted by molar-refractivity contribution is 6.26. The highest BCUT2D eigenvalue weighted by Gasteiger charge is 2.42. The third-order valence-corrected chi connectivity index (χ3v) is 22.7. The minimum absolute atomic E-state index is 0.0143. The van der Waals surface area contributed by atoms with Gasteiger partial charge in [-0.2, -0.15) is 0 Å². The molecule has 0 bridgehead atoms. The average Bonchev–Trinajstić information content (AvgIpc) is 1.53. The molecule has 0 saturated heterocycles. The van der Waals surface area contributed by atoms with Gasteiger partial charge in [-0.1, -0.05) is 286 Å². The molecular weight excluding hydrogens is 1130 g/mol. The van der Waals surface area contributed by atoms with Crippen LogP contribution in [0, 0.1) is 0 Å². The normalized spacial score (nSPS) is 15.1. The Morgan fingerprint density at radius 2 is 0.681 bits per heavy atom. The van der Waals surface area contributed by atoms with Crippen LogP contribution in [0.2, 0.25) is 0 Å². The summed E-state index contributed by atoms with van der Waals surface area (Å²) in [7, 11) is 0. The Morgan fingerprint density at radius 3 is 1.35 bits per heavy atom. The Kier molecular flexibility index (Phi) is 11.3. The van der Waals surface area contributed by atoms with E-state index >= 15 is 0 Å². The minimum Gasteiger partial charge on any atom is -0.309 e. The van der Waals surface area contributed by atoms with Gasteiger partial charge in [0.2, 0.25) is 0 Å². The summed E-state index contributed by atoms with van der Waals surface area (Å²) >= 11 is 0. The minimum atomic E-state index is -0.123. The van der Waals surface area contributed by atoms with Crippen LogP contribution in [-0.2, 0) is 21.7 Å². The summed E-state index contributed by atoms with van der Waals surface area (Å²) in [6.45, 7) is 19.0. The SMILES string of the molecule is CC1(C)c2ccccc2-c2cc(-c3ccc(-n4c5ccc6ccccc6c5c5ccc6c(c54)C(C)(C)c4ccccc4-6)cc3)ccc21.CC1(C)c2ccccc2-c2ccc(-c3ccc(-n4c5ccccc5c5c6c(c7ccccc7c54)-c4ccccc4C6(C)C)cc3)cc21. The zero-order valence-electron chi connectivity index (χ0n) is 54.5. The molecule has 0 spiro atoms. The second kappa shape index (κ2) is 19.4. The van der Waals surface area contributed by atoms with E-state index in [1.807, 2.05) is 0 Å². The van der Waals surface area contributed by atoms with Crippen LogP contribution in [0.25, 0.3) is 143 Å². The Morgan fingerprint density at radius 1 is 0.234 bits per heavy atom. The summed E-state index contributed by atoms with van der Waals surface area (Å²) in [6.07, 6.45) is 0. The summed E-state index contributed by atoms with van der Waals surface area (Å²) in [5.41, 5.74) is 34.5. The highest BCUT2D eigenvalue weighted by Crippen LogP contribution is 2.58. The average molecular weight is 1200 g/mol. The molecule has 448 valence electrons. The van der Waals surface area contributed by atoms with Gasteiger partial charge in [-0.05, 0) is 176 Å². The van der Waals surface area contributed by atoms with Gasteiger partial charge in [0.1, 0.15) is 0 Å². The zero-order valence-corrected chi connectivity index (χ0v) is 54.5. The lowest BCUT2D eigenvalue weighted by Crippen LogP contribution is -2.16. The number of benzene rings is 14. The Balaban J connectivity index is 0.000000133. The molecule has 0 amide bonds. The molecule has 0 radical (unpaired) electrons. The summed E-state index contributed by atoms with van der Waals surface area (Å²) in [5.74, 6) is 0. The second-order valence-electron chi connectivity index (χ2n) is 29.1. The molecule has 2 heterocycles. The van der Waals surface area contributed by atoms with Crippen molar-refractivity contribution in [1.82, 2.24) is 9.13 Å². The van der Waals surface area contributed by atoms with E-state index in [1.165, 1.54) is 188 Å². The van der Waals surface area contributed by atoms with E-state index < -0.39 is 0 Å². The lowest BCUT2D eigenvalue weighted by molar-refractivity contribution is 0.660. The molecular formula is C92H70N2.